The first kappa shape index (κ1) is 12.1. The van der Waals surface area contributed by atoms with Crippen LogP contribution in [-0.2, 0) is 0 Å². The molecule has 3 nitrogen and oxygen atoms in total. The van der Waals surface area contributed by atoms with Gasteiger partial charge in [0.2, 0.25) is 0 Å². The molecule has 1 aromatic carbocycles. The Hall–Kier alpha value is -1.00. The summed E-state index contributed by atoms with van der Waals surface area (Å²) in [6, 6.07) is 5.39. The van der Waals surface area contributed by atoms with Gasteiger partial charge in [0.25, 0.3) is 0 Å². The second-order valence-corrected chi connectivity index (χ2v) is 4.37. The van der Waals surface area contributed by atoms with E-state index in [9.17, 15) is 4.79 Å². The number of rotatable bonds is 5. The van der Waals surface area contributed by atoms with E-state index < -0.39 is 5.97 Å². The van der Waals surface area contributed by atoms with E-state index in [1.54, 1.807) is 6.07 Å². The van der Waals surface area contributed by atoms with E-state index in [0.717, 1.165) is 16.2 Å². The normalized spacial score (nSPS) is 10.3. The molecule has 0 heterocycles. The lowest BCUT2D eigenvalue weighted by molar-refractivity contribution is 0.0693. The second-order valence-electron chi connectivity index (χ2n) is 3.23. The molecule has 1 aromatic rings. The lowest BCUT2D eigenvalue weighted by atomic mass is 10.1. The first-order valence-corrected chi connectivity index (χ1v) is 5.71. The Morgan fingerprint density at radius 1 is 1.47 bits per heavy atom. The minimum Gasteiger partial charge on any atom is -0.478 e. The predicted molar refractivity (Wildman–Crippen MR) is 60.6 cm³/mol. The molecule has 0 unspecified atom stereocenters. The monoisotopic (exact) mass is 226 g/mol. The third kappa shape index (κ3) is 3.57. The van der Waals surface area contributed by atoms with Crippen molar-refractivity contribution in [2.24, 2.45) is 0 Å². The first-order chi connectivity index (χ1) is 7.15. The van der Waals surface area contributed by atoms with Crippen LogP contribution in [-0.4, -0.2) is 28.5 Å². The molecule has 0 atom stereocenters. The van der Waals surface area contributed by atoms with Gasteiger partial charge in [-0.3, -0.25) is 0 Å². The summed E-state index contributed by atoms with van der Waals surface area (Å²) in [5, 5.41) is 17.6. The van der Waals surface area contributed by atoms with Crippen molar-refractivity contribution in [3.8, 4) is 0 Å². The number of aryl methyl sites for hydroxylation is 1. The highest BCUT2D eigenvalue weighted by molar-refractivity contribution is 7.99. The van der Waals surface area contributed by atoms with Crippen LogP contribution in [0.4, 0.5) is 0 Å². The Labute approximate surface area is 93.1 Å². The van der Waals surface area contributed by atoms with Gasteiger partial charge in [-0.1, -0.05) is 11.6 Å². The van der Waals surface area contributed by atoms with Crippen molar-refractivity contribution >= 4 is 17.7 Å². The summed E-state index contributed by atoms with van der Waals surface area (Å²) in [7, 11) is 0. The van der Waals surface area contributed by atoms with Crippen LogP contribution in [0.25, 0.3) is 0 Å². The highest BCUT2D eigenvalue weighted by Crippen LogP contribution is 2.24. The van der Waals surface area contributed by atoms with Crippen molar-refractivity contribution in [2.75, 3.05) is 12.4 Å². The Morgan fingerprint density at radius 3 is 2.80 bits per heavy atom. The molecule has 4 heteroatoms. The minimum atomic E-state index is -0.898. The standard InChI is InChI=1S/C11H14O3S/c1-8-3-4-10(15-6-2-5-12)9(7-8)11(13)14/h3-4,7,12H,2,5-6H2,1H3,(H,13,14). The van der Waals surface area contributed by atoms with Crippen LogP contribution in [0.1, 0.15) is 22.3 Å². The highest BCUT2D eigenvalue weighted by Gasteiger charge is 2.09. The number of hydrogen-bond acceptors (Lipinski definition) is 3. The molecular formula is C11H14O3S. The molecule has 1 rings (SSSR count). The number of carboxylic acid groups (broad SMARTS) is 1. The van der Waals surface area contributed by atoms with Crippen molar-refractivity contribution in [3.05, 3.63) is 29.3 Å². The molecule has 0 fully saturated rings. The topological polar surface area (TPSA) is 57.5 Å². The summed E-state index contributed by atoms with van der Waals surface area (Å²) in [5.41, 5.74) is 1.29. The number of thioether (sulfide) groups is 1. The third-order valence-corrected chi connectivity index (χ3v) is 3.09. The maximum Gasteiger partial charge on any atom is 0.336 e. The number of aromatic carboxylic acids is 1. The van der Waals surface area contributed by atoms with Gasteiger partial charge >= 0.3 is 5.97 Å². The van der Waals surface area contributed by atoms with Gasteiger partial charge in [0.15, 0.2) is 0 Å². The molecule has 0 aromatic heterocycles. The number of carboxylic acids is 1. The van der Waals surface area contributed by atoms with Gasteiger partial charge in [-0.2, -0.15) is 0 Å². The molecule has 15 heavy (non-hydrogen) atoms. The average molecular weight is 226 g/mol. The van der Waals surface area contributed by atoms with Crippen molar-refractivity contribution < 1.29 is 15.0 Å². The van der Waals surface area contributed by atoms with Gasteiger partial charge in [-0.15, -0.1) is 11.8 Å². The Balaban J connectivity index is 2.81. The molecule has 0 saturated carbocycles. The second kappa shape index (κ2) is 5.78. The first-order valence-electron chi connectivity index (χ1n) is 4.72. The zero-order valence-corrected chi connectivity index (χ0v) is 9.38. The van der Waals surface area contributed by atoms with E-state index in [-0.39, 0.29) is 6.61 Å². The molecule has 2 N–H and O–H groups in total. The molecule has 0 radical (unpaired) electrons. The summed E-state index contributed by atoms with van der Waals surface area (Å²) < 4.78 is 0. The molecule has 0 aliphatic rings. The maximum atomic E-state index is 10.9. The Morgan fingerprint density at radius 2 is 2.20 bits per heavy atom. The minimum absolute atomic E-state index is 0.140. The van der Waals surface area contributed by atoms with Gasteiger partial charge in [0.1, 0.15) is 0 Å². The van der Waals surface area contributed by atoms with E-state index in [2.05, 4.69) is 0 Å². The molecule has 0 saturated heterocycles. The summed E-state index contributed by atoms with van der Waals surface area (Å²) in [6.45, 7) is 2.01. The Kier molecular flexibility index (Phi) is 4.65. The predicted octanol–water partition coefficient (Wildman–Crippen LogP) is 2.17. The Bertz CT molecular complexity index is 350. The fraction of sp³-hybridized carbons (Fsp3) is 0.364. The SMILES string of the molecule is Cc1ccc(SCCCO)c(C(=O)O)c1. The lowest BCUT2D eigenvalue weighted by Crippen LogP contribution is -2.00. The smallest absolute Gasteiger partial charge is 0.336 e. The van der Waals surface area contributed by atoms with Crippen LogP contribution < -0.4 is 0 Å². The largest absolute Gasteiger partial charge is 0.478 e. The van der Waals surface area contributed by atoms with Gasteiger partial charge in [0, 0.05) is 17.3 Å². The van der Waals surface area contributed by atoms with Crippen LogP contribution >= 0.6 is 11.8 Å². The van der Waals surface area contributed by atoms with Gasteiger partial charge in [-0.25, -0.2) is 4.79 Å². The molecule has 0 bridgehead atoms. The number of aliphatic hydroxyl groups excluding tert-OH is 1. The van der Waals surface area contributed by atoms with Crippen LogP contribution in [0.5, 0.6) is 0 Å². The number of carbonyl (C=O) groups is 1. The average Bonchev–Trinajstić information content (AvgIpc) is 2.20. The van der Waals surface area contributed by atoms with E-state index in [1.807, 2.05) is 19.1 Å². The molecule has 0 amide bonds. The number of aliphatic hydroxyl groups is 1. The van der Waals surface area contributed by atoms with Crippen molar-refractivity contribution in [2.45, 2.75) is 18.2 Å². The fourth-order valence-corrected chi connectivity index (χ4v) is 2.14. The molecular weight excluding hydrogens is 212 g/mol. The summed E-state index contributed by atoms with van der Waals surface area (Å²) >= 11 is 1.47. The lowest BCUT2D eigenvalue weighted by Gasteiger charge is -2.06. The van der Waals surface area contributed by atoms with E-state index in [1.165, 1.54) is 11.8 Å². The summed E-state index contributed by atoms with van der Waals surface area (Å²) in [6.07, 6.45) is 0.678. The zero-order chi connectivity index (χ0) is 11.3. The zero-order valence-electron chi connectivity index (χ0n) is 8.56. The van der Waals surface area contributed by atoms with Gasteiger partial charge < -0.3 is 10.2 Å². The van der Waals surface area contributed by atoms with Crippen molar-refractivity contribution in [1.82, 2.24) is 0 Å². The molecule has 0 aliphatic heterocycles. The quantitative estimate of drug-likeness (QED) is 0.596. The molecule has 82 valence electrons. The van der Waals surface area contributed by atoms with E-state index >= 15 is 0 Å². The number of hydrogen-bond donors (Lipinski definition) is 2. The van der Waals surface area contributed by atoms with Gasteiger partial charge in [0.05, 0.1) is 5.56 Å². The number of benzene rings is 1. The van der Waals surface area contributed by atoms with Gasteiger partial charge in [-0.05, 0) is 25.5 Å². The highest BCUT2D eigenvalue weighted by atomic mass is 32.2. The third-order valence-electron chi connectivity index (χ3n) is 1.93. The van der Waals surface area contributed by atoms with Crippen LogP contribution in [0, 0.1) is 6.92 Å². The molecule has 0 spiro atoms. The van der Waals surface area contributed by atoms with Crippen molar-refractivity contribution in [3.63, 3.8) is 0 Å². The van der Waals surface area contributed by atoms with Crippen LogP contribution in [0.15, 0.2) is 23.1 Å². The van der Waals surface area contributed by atoms with E-state index in [4.69, 9.17) is 10.2 Å². The summed E-state index contributed by atoms with van der Waals surface area (Å²) in [5.74, 6) is -0.162. The van der Waals surface area contributed by atoms with E-state index in [0.29, 0.717) is 12.0 Å². The van der Waals surface area contributed by atoms with Crippen LogP contribution in [0.2, 0.25) is 0 Å². The fourth-order valence-electron chi connectivity index (χ4n) is 1.18. The van der Waals surface area contributed by atoms with Crippen molar-refractivity contribution in [1.29, 1.82) is 0 Å². The maximum absolute atomic E-state index is 10.9. The van der Waals surface area contributed by atoms with Crippen LogP contribution in [0.3, 0.4) is 0 Å². The summed E-state index contributed by atoms with van der Waals surface area (Å²) in [4.78, 5) is 11.7. The molecule has 0 aliphatic carbocycles.